The van der Waals surface area contributed by atoms with Gasteiger partial charge < -0.3 is 25.0 Å². The van der Waals surface area contributed by atoms with Gasteiger partial charge in [-0.2, -0.15) is 0 Å². The number of benzene rings is 2. The van der Waals surface area contributed by atoms with Gasteiger partial charge in [-0.3, -0.25) is 4.79 Å². The van der Waals surface area contributed by atoms with Crippen molar-refractivity contribution >= 4 is 28.9 Å². The Morgan fingerprint density at radius 2 is 1.72 bits per heavy atom. The molecule has 29 heavy (non-hydrogen) atoms. The third-order valence-electron chi connectivity index (χ3n) is 4.62. The van der Waals surface area contributed by atoms with Gasteiger partial charge in [0.05, 0.1) is 42.4 Å². The summed E-state index contributed by atoms with van der Waals surface area (Å²) in [6.07, 6.45) is 0.272. The Bertz CT molecular complexity index is 834. The van der Waals surface area contributed by atoms with E-state index in [1.165, 1.54) is 0 Å². The molecule has 1 fully saturated rings. The van der Waals surface area contributed by atoms with Crippen molar-refractivity contribution in [1.29, 1.82) is 0 Å². The van der Waals surface area contributed by atoms with Crippen LogP contribution in [0.3, 0.4) is 0 Å². The third kappa shape index (κ3) is 5.71. The van der Waals surface area contributed by atoms with Crippen LogP contribution in [0.25, 0.3) is 0 Å². The summed E-state index contributed by atoms with van der Waals surface area (Å²) in [5, 5.41) is 6.16. The highest BCUT2D eigenvalue weighted by Gasteiger charge is 2.16. The van der Waals surface area contributed by atoms with E-state index >= 15 is 0 Å². The number of para-hydroxylation sites is 3. The third-order valence-corrected chi connectivity index (χ3v) is 4.62. The van der Waals surface area contributed by atoms with Crippen molar-refractivity contribution in [2.75, 3.05) is 55.0 Å². The first-order chi connectivity index (χ1) is 14.2. The van der Waals surface area contributed by atoms with Crippen LogP contribution >= 0.6 is 0 Å². The highest BCUT2D eigenvalue weighted by Crippen LogP contribution is 2.26. The van der Waals surface area contributed by atoms with Crippen LogP contribution in [0.15, 0.2) is 48.5 Å². The van der Waals surface area contributed by atoms with E-state index in [1.807, 2.05) is 18.2 Å². The molecule has 1 amide bonds. The number of carbonyl (C=O) groups excluding carboxylic acids is 2. The zero-order chi connectivity index (χ0) is 20.5. The summed E-state index contributed by atoms with van der Waals surface area (Å²) in [4.78, 5) is 26.7. The Kier molecular flexibility index (Phi) is 7.47. The molecular formula is C22H27N3O4. The summed E-state index contributed by atoms with van der Waals surface area (Å²) in [5.74, 6) is -0.612. The van der Waals surface area contributed by atoms with E-state index in [0.717, 1.165) is 37.7 Å². The Morgan fingerprint density at radius 3 is 2.48 bits per heavy atom. The van der Waals surface area contributed by atoms with E-state index in [1.54, 1.807) is 31.2 Å². The van der Waals surface area contributed by atoms with Gasteiger partial charge in [-0.1, -0.05) is 24.3 Å². The van der Waals surface area contributed by atoms with E-state index in [9.17, 15) is 9.59 Å². The lowest BCUT2D eigenvalue weighted by Gasteiger charge is -2.30. The lowest BCUT2D eigenvalue weighted by molar-refractivity contribution is -0.115. The van der Waals surface area contributed by atoms with Gasteiger partial charge >= 0.3 is 5.97 Å². The van der Waals surface area contributed by atoms with Crippen LogP contribution in [-0.4, -0.2) is 51.3 Å². The molecule has 0 radical (unpaired) electrons. The van der Waals surface area contributed by atoms with Gasteiger partial charge in [-0.05, 0) is 31.2 Å². The summed E-state index contributed by atoms with van der Waals surface area (Å²) >= 11 is 0. The molecule has 7 heteroatoms. The molecule has 1 aliphatic rings. The fourth-order valence-electron chi connectivity index (χ4n) is 3.21. The van der Waals surface area contributed by atoms with Gasteiger partial charge in [-0.25, -0.2) is 4.79 Å². The molecule has 0 atom stereocenters. The SMILES string of the molecule is CCOC(=O)c1ccccc1NC(=O)CCNc1ccccc1N1CCOCC1. The zero-order valence-corrected chi connectivity index (χ0v) is 16.6. The van der Waals surface area contributed by atoms with Crippen LogP contribution in [-0.2, 0) is 14.3 Å². The fraction of sp³-hybridized carbons (Fsp3) is 0.364. The second kappa shape index (κ2) is 10.5. The number of anilines is 3. The normalized spacial score (nSPS) is 13.6. The molecule has 0 saturated carbocycles. The van der Waals surface area contributed by atoms with Gasteiger partial charge in [0.2, 0.25) is 5.91 Å². The summed E-state index contributed by atoms with van der Waals surface area (Å²) in [6, 6.07) is 14.9. The number of amides is 1. The predicted molar refractivity (Wildman–Crippen MR) is 114 cm³/mol. The van der Waals surface area contributed by atoms with Crippen molar-refractivity contribution in [2.24, 2.45) is 0 Å². The van der Waals surface area contributed by atoms with Crippen LogP contribution < -0.4 is 15.5 Å². The molecule has 3 rings (SSSR count). The zero-order valence-electron chi connectivity index (χ0n) is 16.6. The Morgan fingerprint density at radius 1 is 1.03 bits per heavy atom. The molecule has 1 aliphatic heterocycles. The van der Waals surface area contributed by atoms with E-state index in [-0.39, 0.29) is 18.9 Å². The molecule has 0 spiro atoms. The summed E-state index contributed by atoms with van der Waals surface area (Å²) in [6.45, 7) is 5.66. The van der Waals surface area contributed by atoms with Crippen LogP contribution in [0, 0.1) is 0 Å². The van der Waals surface area contributed by atoms with Crippen molar-refractivity contribution in [2.45, 2.75) is 13.3 Å². The number of nitrogens with zero attached hydrogens (tertiary/aromatic N) is 1. The topological polar surface area (TPSA) is 79.9 Å². The quantitative estimate of drug-likeness (QED) is 0.666. The smallest absolute Gasteiger partial charge is 0.340 e. The van der Waals surface area contributed by atoms with Crippen molar-refractivity contribution in [3.63, 3.8) is 0 Å². The standard InChI is InChI=1S/C22H27N3O4/c1-2-29-22(27)17-7-3-4-8-18(17)24-21(26)11-12-23-19-9-5-6-10-20(19)25-13-15-28-16-14-25/h3-10,23H,2,11-16H2,1H3,(H,24,26). The van der Waals surface area contributed by atoms with Gasteiger partial charge in [-0.15, -0.1) is 0 Å². The number of ether oxygens (including phenoxy) is 2. The maximum absolute atomic E-state index is 12.4. The molecule has 1 heterocycles. The molecule has 2 N–H and O–H groups in total. The molecule has 0 aliphatic carbocycles. The minimum absolute atomic E-state index is 0.168. The van der Waals surface area contributed by atoms with Crippen molar-refractivity contribution in [3.8, 4) is 0 Å². The van der Waals surface area contributed by atoms with E-state index in [0.29, 0.717) is 17.8 Å². The number of morpholine rings is 1. The number of esters is 1. The number of nitrogens with one attached hydrogen (secondary N) is 2. The fourth-order valence-corrected chi connectivity index (χ4v) is 3.21. The van der Waals surface area contributed by atoms with E-state index < -0.39 is 5.97 Å². The number of hydrogen-bond acceptors (Lipinski definition) is 6. The Balaban J connectivity index is 1.56. The van der Waals surface area contributed by atoms with Gasteiger partial charge in [0, 0.05) is 26.1 Å². The lowest BCUT2D eigenvalue weighted by Crippen LogP contribution is -2.36. The monoisotopic (exact) mass is 397 g/mol. The number of carbonyl (C=O) groups is 2. The second-order valence-corrected chi connectivity index (χ2v) is 6.61. The largest absolute Gasteiger partial charge is 0.462 e. The molecule has 2 aromatic rings. The molecule has 154 valence electrons. The van der Waals surface area contributed by atoms with Crippen LogP contribution in [0.1, 0.15) is 23.7 Å². The number of hydrogen-bond donors (Lipinski definition) is 2. The number of rotatable bonds is 8. The molecule has 0 unspecified atom stereocenters. The molecule has 2 aromatic carbocycles. The average molecular weight is 397 g/mol. The minimum Gasteiger partial charge on any atom is -0.462 e. The van der Waals surface area contributed by atoms with Crippen molar-refractivity contribution in [3.05, 3.63) is 54.1 Å². The molecule has 0 bridgehead atoms. The highest BCUT2D eigenvalue weighted by molar-refractivity contribution is 6.01. The molecule has 0 aromatic heterocycles. The molecule has 7 nitrogen and oxygen atoms in total. The van der Waals surface area contributed by atoms with Crippen molar-refractivity contribution in [1.82, 2.24) is 0 Å². The highest BCUT2D eigenvalue weighted by atomic mass is 16.5. The Hall–Kier alpha value is -3.06. The van der Waals surface area contributed by atoms with E-state index in [2.05, 4.69) is 21.6 Å². The second-order valence-electron chi connectivity index (χ2n) is 6.61. The minimum atomic E-state index is -0.444. The summed E-state index contributed by atoms with van der Waals surface area (Å²) in [7, 11) is 0. The maximum atomic E-state index is 12.4. The van der Waals surface area contributed by atoms with Crippen molar-refractivity contribution < 1.29 is 19.1 Å². The van der Waals surface area contributed by atoms with Crippen LogP contribution in [0.2, 0.25) is 0 Å². The van der Waals surface area contributed by atoms with Gasteiger partial charge in [0.1, 0.15) is 0 Å². The van der Waals surface area contributed by atoms with E-state index in [4.69, 9.17) is 9.47 Å². The van der Waals surface area contributed by atoms with Crippen LogP contribution in [0.5, 0.6) is 0 Å². The maximum Gasteiger partial charge on any atom is 0.340 e. The first-order valence-electron chi connectivity index (χ1n) is 9.90. The molecule has 1 saturated heterocycles. The molecular weight excluding hydrogens is 370 g/mol. The summed E-state index contributed by atoms with van der Waals surface area (Å²) < 4.78 is 10.5. The summed E-state index contributed by atoms with van der Waals surface area (Å²) in [5.41, 5.74) is 2.93. The first-order valence-corrected chi connectivity index (χ1v) is 9.90. The predicted octanol–water partition coefficient (Wildman–Crippen LogP) is 3.14. The Labute approximate surface area is 171 Å². The van der Waals surface area contributed by atoms with Gasteiger partial charge in [0.25, 0.3) is 0 Å². The van der Waals surface area contributed by atoms with Gasteiger partial charge in [0.15, 0.2) is 0 Å². The average Bonchev–Trinajstić information content (AvgIpc) is 2.75. The lowest BCUT2D eigenvalue weighted by atomic mass is 10.1. The first kappa shape index (κ1) is 20.7. The van der Waals surface area contributed by atoms with Crippen LogP contribution in [0.4, 0.5) is 17.1 Å².